The minimum Gasteiger partial charge on any atom is -0.460 e. The van der Waals surface area contributed by atoms with Crippen LogP contribution in [-0.2, 0) is 23.9 Å². The van der Waals surface area contributed by atoms with Gasteiger partial charge in [0, 0.05) is 28.7 Å². The number of unbranched alkanes of at least 4 members (excludes halogenated alkanes) is 1. The summed E-state index contributed by atoms with van der Waals surface area (Å²) in [6.45, 7) is 15.2. The Balaban J connectivity index is 2.14. The lowest BCUT2D eigenvalue weighted by molar-refractivity contribution is -0.161. The smallest absolute Gasteiger partial charge is 0.410 e. The highest BCUT2D eigenvalue weighted by atomic mass is 79.9. The average molecular weight is 679 g/mol. The third kappa shape index (κ3) is 12.2. The van der Waals surface area contributed by atoms with Crippen LogP contribution in [0, 0.1) is 0 Å². The van der Waals surface area contributed by atoms with Gasteiger partial charge in [-0.05, 0) is 112 Å². The standard InChI is InChI=1S/C31H48BBrN4O7/c1-29(2,3)37(32-25(39)22(36-27(32)41)17-18-24(38)43-30(4,5)6)23(26(40)44-31(7,8)9)12-10-11-19-34-28(42)35-21-15-13-20(33)14-16-21/h13-16,22-23H,10-12,17-19H2,1-9H3,(H,36,41)(H2,34,35,42). The van der Waals surface area contributed by atoms with Gasteiger partial charge in [-0.3, -0.25) is 14.4 Å². The predicted molar refractivity (Wildman–Crippen MR) is 174 cm³/mol. The van der Waals surface area contributed by atoms with Crippen molar-refractivity contribution in [2.45, 2.75) is 123 Å². The van der Waals surface area contributed by atoms with Gasteiger partial charge >= 0.3 is 24.8 Å². The number of nitrogens with zero attached hydrogens (tertiary/aromatic N) is 1. The van der Waals surface area contributed by atoms with Crippen molar-refractivity contribution >= 4 is 57.9 Å². The summed E-state index contributed by atoms with van der Waals surface area (Å²) in [5.41, 5.74) is -1.97. The lowest BCUT2D eigenvalue weighted by Crippen LogP contribution is -2.63. The molecule has 244 valence electrons. The molecule has 2 unspecified atom stereocenters. The number of amides is 3. The molecule has 0 aliphatic carbocycles. The number of hydrogen-bond acceptors (Lipinski definition) is 8. The number of urea groups is 1. The van der Waals surface area contributed by atoms with E-state index < -0.39 is 59.1 Å². The fourth-order valence-electron chi connectivity index (χ4n) is 4.92. The minimum atomic E-state index is -1.23. The topological polar surface area (TPSA) is 143 Å². The van der Waals surface area contributed by atoms with Gasteiger partial charge in [-0.1, -0.05) is 15.9 Å². The summed E-state index contributed by atoms with van der Waals surface area (Å²) >= 11 is 3.36. The second kappa shape index (κ2) is 15.4. The first-order valence-electron chi connectivity index (χ1n) is 15.1. The van der Waals surface area contributed by atoms with Crippen LogP contribution in [0.2, 0.25) is 0 Å². The van der Waals surface area contributed by atoms with Gasteiger partial charge in [0.1, 0.15) is 16.9 Å². The van der Waals surface area contributed by atoms with Crippen molar-refractivity contribution in [3.8, 4) is 0 Å². The number of halogens is 1. The molecule has 1 aliphatic rings. The lowest BCUT2D eigenvalue weighted by Gasteiger charge is -2.42. The number of ether oxygens (including phenoxy) is 2. The number of benzene rings is 1. The van der Waals surface area contributed by atoms with Crippen molar-refractivity contribution in [3.63, 3.8) is 0 Å². The number of carbonyl (C=O) groups excluding carboxylic acids is 5. The third-order valence-corrected chi connectivity index (χ3v) is 7.12. The van der Waals surface area contributed by atoms with Crippen LogP contribution in [-0.4, -0.2) is 76.5 Å². The molecule has 44 heavy (non-hydrogen) atoms. The zero-order chi connectivity index (χ0) is 33.5. The average Bonchev–Trinajstić information content (AvgIpc) is 3.13. The van der Waals surface area contributed by atoms with Crippen molar-refractivity contribution in [2.24, 2.45) is 0 Å². The molecule has 1 aliphatic heterocycles. The van der Waals surface area contributed by atoms with Crippen LogP contribution in [0.1, 0.15) is 94.4 Å². The molecule has 0 bridgehead atoms. The van der Waals surface area contributed by atoms with Crippen molar-refractivity contribution < 1.29 is 33.4 Å². The summed E-state index contributed by atoms with van der Waals surface area (Å²) in [5, 5.41) is 8.31. The van der Waals surface area contributed by atoms with Crippen LogP contribution in [0.25, 0.3) is 0 Å². The predicted octanol–water partition coefficient (Wildman–Crippen LogP) is 5.45. The Morgan fingerprint density at radius 1 is 0.955 bits per heavy atom. The lowest BCUT2D eigenvalue weighted by atomic mass is 9.53. The second-order valence-corrected chi connectivity index (χ2v) is 14.9. The van der Waals surface area contributed by atoms with Gasteiger partial charge in [-0.2, -0.15) is 0 Å². The van der Waals surface area contributed by atoms with Crippen LogP contribution in [0.5, 0.6) is 0 Å². The largest absolute Gasteiger partial charge is 0.460 e. The molecule has 1 fully saturated rings. The Morgan fingerprint density at radius 3 is 2.09 bits per heavy atom. The Labute approximate surface area is 270 Å². The van der Waals surface area contributed by atoms with E-state index in [-0.39, 0.29) is 18.9 Å². The molecule has 0 aromatic heterocycles. The van der Waals surface area contributed by atoms with E-state index >= 15 is 0 Å². The molecule has 3 N–H and O–H groups in total. The maximum Gasteiger partial charge on any atom is 0.410 e. The molecule has 11 nitrogen and oxygen atoms in total. The Morgan fingerprint density at radius 2 is 1.55 bits per heavy atom. The van der Waals surface area contributed by atoms with Gasteiger partial charge in [0.25, 0.3) is 0 Å². The van der Waals surface area contributed by atoms with Crippen molar-refractivity contribution in [1.82, 2.24) is 15.4 Å². The van der Waals surface area contributed by atoms with Crippen LogP contribution in [0.15, 0.2) is 28.7 Å². The molecule has 1 heterocycles. The summed E-state index contributed by atoms with van der Waals surface area (Å²) in [6, 6.07) is 5.07. The monoisotopic (exact) mass is 678 g/mol. The Hall–Kier alpha value is -2.93. The molecule has 0 saturated carbocycles. The number of esters is 2. The molecule has 13 heteroatoms. The van der Waals surface area contributed by atoms with Crippen LogP contribution < -0.4 is 16.0 Å². The van der Waals surface area contributed by atoms with Crippen LogP contribution in [0.3, 0.4) is 0 Å². The van der Waals surface area contributed by atoms with Crippen LogP contribution in [0.4, 0.5) is 15.3 Å². The second-order valence-electron chi connectivity index (χ2n) is 14.0. The number of anilines is 1. The van der Waals surface area contributed by atoms with Crippen molar-refractivity contribution in [1.29, 1.82) is 0 Å². The number of nitrogens with one attached hydrogen (secondary N) is 3. The van der Waals surface area contributed by atoms with E-state index in [1.165, 1.54) is 0 Å². The van der Waals surface area contributed by atoms with E-state index in [0.29, 0.717) is 31.5 Å². The highest BCUT2D eigenvalue weighted by molar-refractivity contribution is 9.10. The first kappa shape index (κ1) is 37.3. The van der Waals surface area contributed by atoms with Crippen molar-refractivity contribution in [2.75, 3.05) is 11.9 Å². The molecule has 1 aromatic rings. The van der Waals surface area contributed by atoms with Crippen LogP contribution >= 0.6 is 15.9 Å². The van der Waals surface area contributed by atoms with E-state index in [1.807, 2.05) is 32.9 Å². The number of rotatable bonds is 12. The van der Waals surface area contributed by atoms with E-state index in [0.717, 1.165) is 4.47 Å². The highest BCUT2D eigenvalue weighted by Gasteiger charge is 2.55. The molecule has 0 radical (unpaired) electrons. The normalized spacial score (nSPS) is 16.4. The summed E-state index contributed by atoms with van der Waals surface area (Å²) < 4.78 is 12.0. The minimum absolute atomic E-state index is 0.0336. The number of carbonyl (C=O) groups is 5. The van der Waals surface area contributed by atoms with Gasteiger partial charge in [0.15, 0.2) is 0 Å². The number of hydrogen-bond donors (Lipinski definition) is 3. The molecule has 2 atom stereocenters. The van der Waals surface area contributed by atoms with Gasteiger partial charge < -0.3 is 35.0 Å². The zero-order valence-electron chi connectivity index (χ0n) is 27.5. The third-order valence-electron chi connectivity index (χ3n) is 6.59. The van der Waals surface area contributed by atoms with E-state index in [9.17, 15) is 24.0 Å². The Bertz CT molecular complexity index is 1190. The summed E-state index contributed by atoms with van der Waals surface area (Å²) in [5.74, 6) is -1.51. The van der Waals surface area contributed by atoms with E-state index in [4.69, 9.17) is 9.47 Å². The SMILES string of the molecule is CC(C)(C)OC(=O)CCC1NC(=O)B(N(C(CCCCNC(=O)Nc2ccc(Br)cc2)C(=O)OC(C)(C)C)C(C)(C)C)C1=O. The quantitative estimate of drug-likeness (QED) is 0.151. The first-order valence-corrected chi connectivity index (χ1v) is 15.8. The summed E-state index contributed by atoms with van der Waals surface area (Å²) in [7, 11) is 0. The van der Waals surface area contributed by atoms with Gasteiger partial charge in [0.2, 0.25) is 5.81 Å². The maximum atomic E-state index is 13.6. The van der Waals surface area contributed by atoms with Gasteiger partial charge in [0.05, 0.1) is 12.1 Å². The fourth-order valence-corrected chi connectivity index (χ4v) is 5.19. The fraction of sp³-hybridized carbons (Fsp3) is 0.645. The maximum absolute atomic E-state index is 13.6. The first-order chi connectivity index (χ1) is 20.2. The van der Waals surface area contributed by atoms with E-state index in [2.05, 4.69) is 31.9 Å². The summed E-state index contributed by atoms with van der Waals surface area (Å²) in [6.07, 6.45) is 1.42. The highest BCUT2D eigenvalue weighted by Crippen LogP contribution is 2.28. The molecule has 1 saturated heterocycles. The molecule has 3 amide bonds. The molecule has 0 spiro atoms. The Kier molecular flexibility index (Phi) is 13.0. The van der Waals surface area contributed by atoms with Gasteiger partial charge in [-0.25, -0.2) is 4.79 Å². The molecular formula is C31H48BBrN4O7. The van der Waals surface area contributed by atoms with E-state index in [1.54, 1.807) is 58.5 Å². The summed E-state index contributed by atoms with van der Waals surface area (Å²) in [4.78, 5) is 66.8. The molecule has 2 rings (SSSR count). The molecule has 1 aromatic carbocycles. The zero-order valence-corrected chi connectivity index (χ0v) is 29.1. The van der Waals surface area contributed by atoms with Crippen molar-refractivity contribution in [3.05, 3.63) is 28.7 Å². The van der Waals surface area contributed by atoms with Gasteiger partial charge in [-0.15, -0.1) is 0 Å². The molecular weight excluding hydrogens is 631 g/mol.